The average Bonchev–Trinajstić information content (AvgIpc) is 2.97. The van der Waals surface area contributed by atoms with Crippen molar-refractivity contribution in [2.75, 3.05) is 7.05 Å². The zero-order valence-electron chi connectivity index (χ0n) is 25.0. The van der Waals surface area contributed by atoms with E-state index in [1.54, 1.807) is 0 Å². The lowest BCUT2D eigenvalue weighted by atomic mass is 9.81. The molecule has 0 saturated heterocycles. The number of nitrogens with zero attached hydrogens (tertiary/aromatic N) is 1. The minimum atomic E-state index is -1.04. The topological polar surface area (TPSA) is 142 Å². The average molecular weight is 563 g/mol. The van der Waals surface area contributed by atoms with Gasteiger partial charge in [-0.05, 0) is 68.6 Å². The fourth-order valence-corrected chi connectivity index (χ4v) is 7.16. The monoisotopic (exact) mass is 562 g/mol. The number of rotatable bonds is 12. The number of carbonyl (C=O) groups is 4. The van der Waals surface area contributed by atoms with E-state index in [2.05, 4.69) is 10.6 Å². The first-order chi connectivity index (χ1) is 19.1. The van der Waals surface area contributed by atoms with Crippen LogP contribution in [0.15, 0.2) is 0 Å². The van der Waals surface area contributed by atoms with Crippen molar-refractivity contribution in [2.45, 2.75) is 141 Å². The van der Waals surface area contributed by atoms with Gasteiger partial charge in [-0.1, -0.05) is 71.6 Å². The number of carboxylic acid groups (broad SMARTS) is 1. The van der Waals surface area contributed by atoms with E-state index < -0.39 is 30.1 Å². The first kappa shape index (κ1) is 32.4. The van der Waals surface area contributed by atoms with Crippen molar-refractivity contribution >= 4 is 23.7 Å². The predicted molar refractivity (Wildman–Crippen MR) is 155 cm³/mol. The van der Waals surface area contributed by atoms with E-state index in [4.69, 9.17) is 5.73 Å². The Bertz CT molecular complexity index is 847. The standard InChI is InChI=1S/C31H54N4O5/c1-20(2)19-24(31(39)40)35(3)30(38)27(23-17-11-6-12-18-23)34-29(37)26(22-15-9-5-10-16-22)33-28(36)25(32)21-13-7-4-8-14-21/h20-27H,4-19,32H2,1-3H3,(H,33,36)(H,34,37)(H,39,40)/t24-,25-,26-,27-/m1/s1. The SMILES string of the molecule is CC(C)C[C@H](C(=O)O)N(C)C(=O)[C@H](NC(=O)[C@H](NC(=O)[C@H](N)C1CCCCC1)C1CCCCC1)C1CCCCC1. The number of likely N-dealkylation sites (N-methyl/N-ethyl adjacent to an activating group) is 1. The first-order valence-electron chi connectivity index (χ1n) is 16.0. The largest absolute Gasteiger partial charge is 0.480 e. The van der Waals surface area contributed by atoms with Gasteiger partial charge in [0.2, 0.25) is 17.7 Å². The lowest BCUT2D eigenvalue weighted by molar-refractivity contribution is -0.152. The number of nitrogens with two attached hydrogens (primary N) is 1. The lowest BCUT2D eigenvalue weighted by Crippen LogP contribution is -2.61. The summed E-state index contributed by atoms with van der Waals surface area (Å²) in [6.07, 6.45) is 15.0. The highest BCUT2D eigenvalue weighted by Crippen LogP contribution is 2.31. The van der Waals surface area contributed by atoms with Gasteiger partial charge >= 0.3 is 5.97 Å². The van der Waals surface area contributed by atoms with Crippen LogP contribution in [0, 0.1) is 23.7 Å². The van der Waals surface area contributed by atoms with E-state index >= 15 is 0 Å². The third kappa shape index (κ3) is 8.92. The zero-order chi connectivity index (χ0) is 29.2. The van der Waals surface area contributed by atoms with Crippen LogP contribution in [0.25, 0.3) is 0 Å². The van der Waals surface area contributed by atoms with E-state index in [1.165, 1.54) is 18.4 Å². The van der Waals surface area contributed by atoms with Gasteiger partial charge in [-0.3, -0.25) is 14.4 Å². The predicted octanol–water partition coefficient (Wildman–Crippen LogP) is 3.98. The van der Waals surface area contributed by atoms with Gasteiger partial charge in [-0.25, -0.2) is 4.79 Å². The Morgan fingerprint density at radius 1 is 0.725 bits per heavy atom. The highest BCUT2D eigenvalue weighted by Gasteiger charge is 2.40. The van der Waals surface area contributed by atoms with Crippen molar-refractivity contribution in [1.29, 1.82) is 0 Å². The van der Waals surface area contributed by atoms with Crippen LogP contribution in [0.2, 0.25) is 0 Å². The minimum Gasteiger partial charge on any atom is -0.480 e. The Morgan fingerprint density at radius 2 is 1.15 bits per heavy atom. The summed E-state index contributed by atoms with van der Waals surface area (Å²) in [5.74, 6) is -1.87. The summed E-state index contributed by atoms with van der Waals surface area (Å²) < 4.78 is 0. The van der Waals surface area contributed by atoms with Crippen LogP contribution >= 0.6 is 0 Å². The molecule has 0 bridgehead atoms. The molecule has 0 aromatic heterocycles. The van der Waals surface area contributed by atoms with Crippen molar-refractivity contribution in [3.63, 3.8) is 0 Å². The number of amides is 3. The van der Waals surface area contributed by atoms with Gasteiger partial charge < -0.3 is 26.4 Å². The molecule has 228 valence electrons. The second-order valence-corrected chi connectivity index (χ2v) is 13.1. The maximum Gasteiger partial charge on any atom is 0.326 e. The van der Waals surface area contributed by atoms with Crippen LogP contribution in [-0.2, 0) is 19.2 Å². The maximum absolute atomic E-state index is 14.0. The van der Waals surface area contributed by atoms with Gasteiger partial charge in [-0.15, -0.1) is 0 Å². The molecule has 3 rings (SSSR count). The number of hydrogen-bond donors (Lipinski definition) is 4. The molecule has 3 fully saturated rings. The van der Waals surface area contributed by atoms with Gasteiger partial charge in [0.25, 0.3) is 0 Å². The summed E-state index contributed by atoms with van der Waals surface area (Å²) in [4.78, 5) is 54.6. The molecule has 3 saturated carbocycles. The van der Waals surface area contributed by atoms with E-state index in [1.807, 2.05) is 13.8 Å². The van der Waals surface area contributed by atoms with Gasteiger partial charge in [0.1, 0.15) is 18.1 Å². The van der Waals surface area contributed by atoms with Crippen molar-refractivity contribution in [1.82, 2.24) is 15.5 Å². The Kier molecular flexibility index (Phi) is 12.7. The Hall–Kier alpha value is -2.16. The molecule has 0 aromatic rings. The molecule has 0 unspecified atom stereocenters. The third-order valence-corrected chi connectivity index (χ3v) is 9.64. The van der Waals surface area contributed by atoms with Gasteiger partial charge in [-0.2, -0.15) is 0 Å². The molecular formula is C31H54N4O5. The van der Waals surface area contributed by atoms with Crippen LogP contribution in [0.4, 0.5) is 0 Å². The third-order valence-electron chi connectivity index (χ3n) is 9.64. The second kappa shape index (κ2) is 15.7. The highest BCUT2D eigenvalue weighted by atomic mass is 16.4. The molecule has 9 heteroatoms. The molecule has 0 spiro atoms. The summed E-state index contributed by atoms with van der Waals surface area (Å²) in [5, 5.41) is 16.0. The van der Waals surface area contributed by atoms with Crippen LogP contribution in [-0.4, -0.2) is 64.9 Å². The molecule has 5 N–H and O–H groups in total. The fraction of sp³-hybridized carbons (Fsp3) is 0.871. The summed E-state index contributed by atoms with van der Waals surface area (Å²) >= 11 is 0. The van der Waals surface area contributed by atoms with Gasteiger partial charge in [0, 0.05) is 7.05 Å². The molecule has 3 amide bonds. The molecule has 9 nitrogen and oxygen atoms in total. The van der Waals surface area contributed by atoms with E-state index in [-0.39, 0.29) is 41.4 Å². The van der Waals surface area contributed by atoms with Gasteiger partial charge in [0.15, 0.2) is 0 Å². The molecule has 3 aliphatic rings. The summed E-state index contributed by atoms with van der Waals surface area (Å²) in [5.41, 5.74) is 6.42. The second-order valence-electron chi connectivity index (χ2n) is 13.1. The summed E-state index contributed by atoms with van der Waals surface area (Å²) in [6.45, 7) is 3.87. The van der Waals surface area contributed by atoms with E-state index in [0.717, 1.165) is 89.9 Å². The minimum absolute atomic E-state index is 0.0104. The maximum atomic E-state index is 14.0. The Labute approximate surface area is 240 Å². The fourth-order valence-electron chi connectivity index (χ4n) is 7.16. The molecule has 0 heterocycles. The number of carbonyl (C=O) groups excluding carboxylic acids is 3. The number of hydrogen-bond acceptors (Lipinski definition) is 5. The highest BCUT2D eigenvalue weighted by molar-refractivity contribution is 5.94. The van der Waals surface area contributed by atoms with Crippen LogP contribution in [0.3, 0.4) is 0 Å². The number of nitrogens with one attached hydrogen (secondary N) is 2. The Balaban J connectivity index is 1.81. The summed E-state index contributed by atoms with van der Waals surface area (Å²) in [6, 6.07) is -3.18. The molecule has 4 atom stereocenters. The number of carboxylic acids is 1. The summed E-state index contributed by atoms with van der Waals surface area (Å²) in [7, 11) is 1.54. The van der Waals surface area contributed by atoms with Crippen molar-refractivity contribution < 1.29 is 24.3 Å². The lowest BCUT2D eigenvalue weighted by Gasteiger charge is -2.37. The van der Waals surface area contributed by atoms with E-state index in [9.17, 15) is 24.3 Å². The molecule has 0 aliphatic heterocycles. The molecule has 3 aliphatic carbocycles. The first-order valence-corrected chi connectivity index (χ1v) is 16.0. The van der Waals surface area contributed by atoms with Gasteiger partial charge in [0.05, 0.1) is 6.04 Å². The van der Waals surface area contributed by atoms with Crippen LogP contribution in [0.1, 0.15) is 117 Å². The normalized spacial score (nSPS) is 22.6. The molecule has 0 radical (unpaired) electrons. The van der Waals surface area contributed by atoms with Crippen molar-refractivity contribution in [3.8, 4) is 0 Å². The zero-order valence-corrected chi connectivity index (χ0v) is 25.0. The molecular weight excluding hydrogens is 508 g/mol. The van der Waals surface area contributed by atoms with Crippen molar-refractivity contribution in [2.24, 2.45) is 29.4 Å². The smallest absolute Gasteiger partial charge is 0.326 e. The van der Waals surface area contributed by atoms with E-state index in [0.29, 0.717) is 6.42 Å². The molecule has 0 aromatic carbocycles. The van der Waals surface area contributed by atoms with Crippen molar-refractivity contribution in [3.05, 3.63) is 0 Å². The Morgan fingerprint density at radius 3 is 1.60 bits per heavy atom. The van der Waals surface area contributed by atoms with Crippen LogP contribution in [0.5, 0.6) is 0 Å². The molecule has 40 heavy (non-hydrogen) atoms. The quantitative estimate of drug-likeness (QED) is 0.283. The van der Waals surface area contributed by atoms with Crippen LogP contribution < -0.4 is 16.4 Å². The number of aliphatic carboxylic acids is 1.